The molecule has 2 heteroatoms. The minimum atomic E-state index is -0.0773. The molecule has 0 bridgehead atoms. The molecular formula is C8H17NO. The molecule has 1 rings (SSSR count). The Bertz CT molecular complexity index is 103. The lowest BCUT2D eigenvalue weighted by Crippen LogP contribution is -2.32. The van der Waals surface area contributed by atoms with Crippen molar-refractivity contribution >= 4 is 0 Å². The van der Waals surface area contributed by atoms with Gasteiger partial charge in [-0.05, 0) is 26.3 Å². The van der Waals surface area contributed by atoms with Gasteiger partial charge in [0, 0.05) is 12.6 Å². The third-order valence-electron chi connectivity index (χ3n) is 2.36. The second-order valence-corrected chi connectivity index (χ2v) is 3.13. The molecule has 2 atom stereocenters. The van der Waals surface area contributed by atoms with E-state index in [4.69, 9.17) is 0 Å². The molecule has 60 valence electrons. The van der Waals surface area contributed by atoms with E-state index < -0.39 is 0 Å². The van der Waals surface area contributed by atoms with E-state index in [-0.39, 0.29) is 6.10 Å². The summed E-state index contributed by atoms with van der Waals surface area (Å²) in [5.41, 5.74) is 0. The van der Waals surface area contributed by atoms with Crippen LogP contribution in [0.25, 0.3) is 0 Å². The van der Waals surface area contributed by atoms with Crippen molar-refractivity contribution in [3.63, 3.8) is 0 Å². The Kier molecular flexibility index (Phi) is 2.69. The molecule has 1 heterocycles. The highest BCUT2D eigenvalue weighted by Crippen LogP contribution is 2.16. The van der Waals surface area contributed by atoms with E-state index in [9.17, 15) is 5.11 Å². The van der Waals surface area contributed by atoms with Crippen LogP contribution in [0.4, 0.5) is 0 Å². The molecule has 0 radical (unpaired) electrons. The van der Waals surface area contributed by atoms with Gasteiger partial charge in [0.05, 0.1) is 6.10 Å². The highest BCUT2D eigenvalue weighted by Gasteiger charge is 2.27. The summed E-state index contributed by atoms with van der Waals surface area (Å²) >= 11 is 0. The molecule has 0 spiro atoms. The summed E-state index contributed by atoms with van der Waals surface area (Å²) in [6.07, 6.45) is 2.07. The van der Waals surface area contributed by atoms with Crippen molar-refractivity contribution < 1.29 is 5.11 Å². The first-order chi connectivity index (χ1) is 4.75. The van der Waals surface area contributed by atoms with Crippen LogP contribution in [-0.2, 0) is 0 Å². The van der Waals surface area contributed by atoms with Crippen LogP contribution in [0.2, 0.25) is 0 Å². The maximum atomic E-state index is 9.35. The summed E-state index contributed by atoms with van der Waals surface area (Å²) in [5.74, 6) is 0. The van der Waals surface area contributed by atoms with Crippen molar-refractivity contribution in [3.05, 3.63) is 0 Å². The number of nitrogens with zero attached hydrogens (tertiary/aromatic N) is 1. The highest BCUT2D eigenvalue weighted by atomic mass is 16.3. The first kappa shape index (κ1) is 8.02. The molecule has 0 aliphatic carbocycles. The Morgan fingerprint density at radius 2 is 2.30 bits per heavy atom. The molecule has 1 aliphatic heterocycles. The van der Waals surface area contributed by atoms with Gasteiger partial charge in [-0.1, -0.05) is 6.92 Å². The van der Waals surface area contributed by atoms with Gasteiger partial charge in [-0.25, -0.2) is 0 Å². The van der Waals surface area contributed by atoms with E-state index in [0.29, 0.717) is 6.04 Å². The van der Waals surface area contributed by atoms with Gasteiger partial charge in [0.2, 0.25) is 0 Å². The summed E-state index contributed by atoms with van der Waals surface area (Å²) in [6, 6.07) is 0.389. The molecule has 0 saturated carbocycles. The Hall–Kier alpha value is -0.0800. The van der Waals surface area contributed by atoms with Gasteiger partial charge in [-0.3, -0.25) is 4.90 Å². The normalized spacial score (nSPS) is 35.1. The van der Waals surface area contributed by atoms with Crippen LogP contribution in [0.1, 0.15) is 26.7 Å². The van der Waals surface area contributed by atoms with E-state index in [0.717, 1.165) is 19.5 Å². The zero-order chi connectivity index (χ0) is 7.56. The summed E-state index contributed by atoms with van der Waals surface area (Å²) < 4.78 is 0. The Morgan fingerprint density at radius 3 is 2.70 bits per heavy atom. The fourth-order valence-corrected chi connectivity index (χ4v) is 1.59. The van der Waals surface area contributed by atoms with Crippen molar-refractivity contribution in [3.8, 4) is 0 Å². The number of aliphatic hydroxyl groups excluding tert-OH is 1. The number of hydrogen-bond donors (Lipinski definition) is 1. The van der Waals surface area contributed by atoms with Gasteiger partial charge < -0.3 is 5.11 Å². The fraction of sp³-hybridized carbons (Fsp3) is 1.00. The van der Waals surface area contributed by atoms with Crippen molar-refractivity contribution in [2.75, 3.05) is 13.1 Å². The minimum absolute atomic E-state index is 0.0773. The number of aliphatic hydroxyl groups is 1. The van der Waals surface area contributed by atoms with E-state index in [1.165, 1.54) is 6.42 Å². The second-order valence-electron chi connectivity index (χ2n) is 3.13. The van der Waals surface area contributed by atoms with E-state index in [2.05, 4.69) is 18.7 Å². The Labute approximate surface area is 62.8 Å². The predicted molar refractivity (Wildman–Crippen MR) is 41.9 cm³/mol. The minimum Gasteiger partial charge on any atom is -0.391 e. The van der Waals surface area contributed by atoms with E-state index >= 15 is 0 Å². The van der Waals surface area contributed by atoms with Crippen LogP contribution in [0, 0.1) is 0 Å². The molecule has 0 aromatic rings. The molecule has 0 aromatic heterocycles. The highest BCUT2D eigenvalue weighted by molar-refractivity contribution is 4.82. The van der Waals surface area contributed by atoms with Crippen LogP contribution < -0.4 is 0 Å². The average Bonchev–Trinajstić information content (AvgIpc) is 2.20. The topological polar surface area (TPSA) is 23.5 Å². The van der Waals surface area contributed by atoms with Crippen molar-refractivity contribution in [2.24, 2.45) is 0 Å². The molecule has 1 aliphatic rings. The smallest absolute Gasteiger partial charge is 0.0704 e. The molecule has 1 fully saturated rings. The van der Waals surface area contributed by atoms with Crippen LogP contribution in [0.5, 0.6) is 0 Å². The molecule has 1 N–H and O–H groups in total. The first-order valence-corrected chi connectivity index (χ1v) is 4.17. The summed E-state index contributed by atoms with van der Waals surface area (Å²) in [6.45, 7) is 6.50. The van der Waals surface area contributed by atoms with Crippen molar-refractivity contribution in [1.82, 2.24) is 4.90 Å². The zero-order valence-electron chi connectivity index (χ0n) is 6.88. The maximum absolute atomic E-state index is 9.35. The zero-order valence-corrected chi connectivity index (χ0v) is 6.88. The van der Waals surface area contributed by atoms with Gasteiger partial charge in [-0.2, -0.15) is 0 Å². The molecule has 0 amide bonds. The van der Waals surface area contributed by atoms with Crippen LogP contribution in [0.3, 0.4) is 0 Å². The Balaban J connectivity index is 2.33. The fourth-order valence-electron chi connectivity index (χ4n) is 1.59. The second kappa shape index (κ2) is 3.35. The lowest BCUT2D eigenvalue weighted by molar-refractivity contribution is 0.126. The quantitative estimate of drug-likeness (QED) is 0.619. The monoisotopic (exact) mass is 143 g/mol. The SMILES string of the molecule is CCCN1CC[C@@H](O)[C@@H]1C. The lowest BCUT2D eigenvalue weighted by Gasteiger charge is -2.21. The third kappa shape index (κ3) is 1.50. The molecular weight excluding hydrogens is 126 g/mol. The molecule has 0 aromatic carbocycles. The van der Waals surface area contributed by atoms with Gasteiger partial charge in [0.1, 0.15) is 0 Å². The summed E-state index contributed by atoms with van der Waals surface area (Å²) in [5, 5.41) is 9.35. The van der Waals surface area contributed by atoms with Crippen molar-refractivity contribution in [2.45, 2.75) is 38.8 Å². The van der Waals surface area contributed by atoms with Gasteiger partial charge in [0.25, 0.3) is 0 Å². The van der Waals surface area contributed by atoms with E-state index in [1.807, 2.05) is 0 Å². The van der Waals surface area contributed by atoms with Crippen LogP contribution in [0.15, 0.2) is 0 Å². The number of rotatable bonds is 2. The number of likely N-dealkylation sites (tertiary alicyclic amines) is 1. The molecule has 10 heavy (non-hydrogen) atoms. The average molecular weight is 143 g/mol. The lowest BCUT2D eigenvalue weighted by atomic mass is 10.2. The van der Waals surface area contributed by atoms with Crippen LogP contribution in [-0.4, -0.2) is 35.2 Å². The standard InChI is InChI=1S/C8H17NO/c1-3-5-9-6-4-8(10)7(9)2/h7-8,10H,3-6H2,1-2H3/t7-,8+/m0/s1. The maximum Gasteiger partial charge on any atom is 0.0704 e. The Morgan fingerprint density at radius 1 is 1.60 bits per heavy atom. The van der Waals surface area contributed by atoms with Gasteiger partial charge in [-0.15, -0.1) is 0 Å². The summed E-state index contributed by atoms with van der Waals surface area (Å²) in [4.78, 5) is 2.35. The van der Waals surface area contributed by atoms with E-state index in [1.54, 1.807) is 0 Å². The molecule has 0 unspecified atom stereocenters. The van der Waals surface area contributed by atoms with Gasteiger partial charge >= 0.3 is 0 Å². The largest absolute Gasteiger partial charge is 0.391 e. The van der Waals surface area contributed by atoms with Crippen molar-refractivity contribution in [1.29, 1.82) is 0 Å². The predicted octanol–water partition coefficient (Wildman–Crippen LogP) is 0.852. The molecule has 2 nitrogen and oxygen atoms in total. The number of hydrogen-bond acceptors (Lipinski definition) is 2. The summed E-state index contributed by atoms with van der Waals surface area (Å²) in [7, 11) is 0. The van der Waals surface area contributed by atoms with Crippen LogP contribution >= 0.6 is 0 Å². The van der Waals surface area contributed by atoms with Gasteiger partial charge in [0.15, 0.2) is 0 Å². The molecule has 1 saturated heterocycles. The third-order valence-corrected chi connectivity index (χ3v) is 2.36. The first-order valence-electron chi connectivity index (χ1n) is 4.17.